The molecule has 1 aromatic rings. The zero-order valence-corrected chi connectivity index (χ0v) is 13.1. The normalized spacial score (nSPS) is 31.3. The van der Waals surface area contributed by atoms with Gasteiger partial charge in [0.25, 0.3) is 0 Å². The van der Waals surface area contributed by atoms with Crippen molar-refractivity contribution in [1.29, 1.82) is 0 Å². The molecule has 0 radical (unpaired) electrons. The Morgan fingerprint density at radius 2 is 1.70 bits per heavy atom. The molecule has 20 heavy (non-hydrogen) atoms. The molecule has 0 aliphatic heterocycles. The quantitative estimate of drug-likeness (QED) is 0.733. The van der Waals surface area contributed by atoms with Crippen LogP contribution in [0.2, 0.25) is 0 Å². The largest absolute Gasteiger partial charge is 0.316 e. The van der Waals surface area contributed by atoms with Gasteiger partial charge in [-0.15, -0.1) is 0 Å². The minimum Gasteiger partial charge on any atom is -0.316 e. The van der Waals surface area contributed by atoms with Gasteiger partial charge in [-0.3, -0.25) is 0 Å². The first-order chi connectivity index (χ1) is 9.74. The second-order valence-corrected chi connectivity index (χ2v) is 7.19. The number of benzene rings is 1. The Morgan fingerprint density at radius 3 is 2.30 bits per heavy atom. The monoisotopic (exact) mass is 271 g/mol. The van der Waals surface area contributed by atoms with Crippen LogP contribution >= 0.6 is 0 Å². The molecule has 2 saturated carbocycles. The summed E-state index contributed by atoms with van der Waals surface area (Å²) >= 11 is 0. The maximum absolute atomic E-state index is 3.70. The van der Waals surface area contributed by atoms with E-state index < -0.39 is 0 Å². The van der Waals surface area contributed by atoms with E-state index in [2.05, 4.69) is 43.4 Å². The molecule has 2 aliphatic rings. The van der Waals surface area contributed by atoms with E-state index >= 15 is 0 Å². The highest BCUT2D eigenvalue weighted by Gasteiger charge is 2.53. The van der Waals surface area contributed by atoms with E-state index in [1.54, 1.807) is 5.56 Å². The minimum absolute atomic E-state index is 0.552. The van der Waals surface area contributed by atoms with E-state index in [-0.39, 0.29) is 0 Å². The molecule has 1 heteroatoms. The highest BCUT2D eigenvalue weighted by molar-refractivity contribution is 5.24. The van der Waals surface area contributed by atoms with Crippen molar-refractivity contribution in [2.24, 2.45) is 17.3 Å². The lowest BCUT2D eigenvalue weighted by Gasteiger charge is -2.31. The fourth-order valence-corrected chi connectivity index (χ4v) is 4.21. The summed E-state index contributed by atoms with van der Waals surface area (Å²) in [6.07, 6.45) is 8.11. The smallest absolute Gasteiger partial charge is 0.00112 e. The van der Waals surface area contributed by atoms with Gasteiger partial charge in [-0.2, -0.15) is 0 Å². The molecule has 2 aliphatic carbocycles. The van der Waals surface area contributed by atoms with E-state index in [0.29, 0.717) is 5.41 Å². The van der Waals surface area contributed by atoms with E-state index in [0.717, 1.165) is 18.3 Å². The Bertz CT molecular complexity index is 424. The molecule has 1 nitrogen and oxygen atoms in total. The lowest BCUT2D eigenvalue weighted by molar-refractivity contribution is 0.249. The van der Waals surface area contributed by atoms with Gasteiger partial charge in [0.2, 0.25) is 0 Å². The molecule has 2 atom stereocenters. The van der Waals surface area contributed by atoms with Gasteiger partial charge >= 0.3 is 0 Å². The number of fused-ring (bicyclic) bond motifs is 1. The Morgan fingerprint density at radius 1 is 1.05 bits per heavy atom. The minimum atomic E-state index is 0.552. The first kappa shape index (κ1) is 14.1. The molecule has 0 spiro atoms. The Hall–Kier alpha value is -0.820. The fourth-order valence-electron chi connectivity index (χ4n) is 4.21. The molecular weight excluding hydrogens is 242 g/mol. The van der Waals surface area contributed by atoms with Crippen LogP contribution in [-0.4, -0.2) is 13.1 Å². The zero-order chi connectivity index (χ0) is 14.0. The summed E-state index contributed by atoms with van der Waals surface area (Å²) in [7, 11) is 0. The molecule has 1 N–H and O–H groups in total. The summed E-state index contributed by atoms with van der Waals surface area (Å²) in [6.45, 7) is 6.89. The highest BCUT2D eigenvalue weighted by Crippen LogP contribution is 2.60. The Kier molecular flexibility index (Phi) is 4.16. The van der Waals surface area contributed by atoms with Gasteiger partial charge in [0, 0.05) is 6.54 Å². The lowest BCUT2D eigenvalue weighted by atomic mass is 9.77. The predicted octanol–water partition coefficient (Wildman–Crippen LogP) is 4.21. The van der Waals surface area contributed by atoms with Crippen LogP contribution in [0.25, 0.3) is 0 Å². The van der Waals surface area contributed by atoms with E-state index in [4.69, 9.17) is 0 Å². The SMILES string of the molecule is CCCNCC1(Cc2ccc(CC)cc2)CC2CC2C1. The number of hydrogen-bond donors (Lipinski definition) is 1. The van der Waals surface area contributed by atoms with Crippen molar-refractivity contribution in [2.45, 2.75) is 52.4 Å². The number of aryl methyl sites for hydroxylation is 1. The van der Waals surface area contributed by atoms with Crippen LogP contribution < -0.4 is 5.32 Å². The van der Waals surface area contributed by atoms with Crippen LogP contribution in [0, 0.1) is 17.3 Å². The van der Waals surface area contributed by atoms with Gasteiger partial charge in [-0.25, -0.2) is 0 Å². The number of hydrogen-bond acceptors (Lipinski definition) is 1. The van der Waals surface area contributed by atoms with Gasteiger partial charge in [-0.1, -0.05) is 38.1 Å². The van der Waals surface area contributed by atoms with E-state index in [1.165, 1.54) is 50.8 Å². The average molecular weight is 271 g/mol. The molecule has 2 fully saturated rings. The standard InChI is InChI=1S/C19H29N/c1-3-9-20-14-19(12-17-10-18(17)13-19)11-16-7-5-15(4-2)6-8-16/h5-8,17-18,20H,3-4,9-14H2,1-2H3. The predicted molar refractivity (Wildman–Crippen MR) is 85.9 cm³/mol. The van der Waals surface area contributed by atoms with E-state index in [1.807, 2.05) is 0 Å². The summed E-state index contributed by atoms with van der Waals surface area (Å²) in [4.78, 5) is 0. The van der Waals surface area contributed by atoms with Crippen molar-refractivity contribution in [3.63, 3.8) is 0 Å². The molecule has 1 aromatic carbocycles. The van der Waals surface area contributed by atoms with E-state index in [9.17, 15) is 0 Å². The molecule has 0 bridgehead atoms. The lowest BCUT2D eigenvalue weighted by Crippen LogP contribution is -2.35. The van der Waals surface area contributed by atoms with Gasteiger partial charge in [0.05, 0.1) is 0 Å². The number of nitrogens with one attached hydrogen (secondary N) is 1. The zero-order valence-electron chi connectivity index (χ0n) is 13.1. The van der Waals surface area contributed by atoms with Crippen molar-refractivity contribution >= 4 is 0 Å². The topological polar surface area (TPSA) is 12.0 Å². The third-order valence-electron chi connectivity index (χ3n) is 5.40. The Labute approximate surface area is 124 Å². The van der Waals surface area contributed by atoms with Crippen molar-refractivity contribution in [2.75, 3.05) is 13.1 Å². The summed E-state index contributed by atoms with van der Waals surface area (Å²) in [6, 6.07) is 9.37. The summed E-state index contributed by atoms with van der Waals surface area (Å²) in [5, 5.41) is 3.70. The highest BCUT2D eigenvalue weighted by atomic mass is 14.9. The van der Waals surface area contributed by atoms with Gasteiger partial charge in [0.15, 0.2) is 0 Å². The molecule has 3 rings (SSSR count). The van der Waals surface area contributed by atoms with Gasteiger partial charge < -0.3 is 5.32 Å². The molecule has 110 valence electrons. The van der Waals surface area contributed by atoms with Crippen LogP contribution in [-0.2, 0) is 12.8 Å². The van der Waals surface area contributed by atoms with Crippen LogP contribution in [0.1, 0.15) is 50.7 Å². The maximum atomic E-state index is 3.70. The van der Waals surface area contributed by atoms with Crippen molar-refractivity contribution in [3.8, 4) is 0 Å². The molecule has 0 saturated heterocycles. The fraction of sp³-hybridized carbons (Fsp3) is 0.684. The average Bonchev–Trinajstić information content (AvgIpc) is 3.08. The van der Waals surface area contributed by atoms with Crippen LogP contribution in [0.4, 0.5) is 0 Å². The molecule has 0 amide bonds. The summed E-state index contributed by atoms with van der Waals surface area (Å²) < 4.78 is 0. The maximum Gasteiger partial charge on any atom is 0.00112 e. The van der Waals surface area contributed by atoms with Crippen molar-refractivity contribution in [1.82, 2.24) is 5.32 Å². The second kappa shape index (κ2) is 5.89. The molecule has 0 heterocycles. The van der Waals surface area contributed by atoms with Crippen molar-refractivity contribution in [3.05, 3.63) is 35.4 Å². The molecular formula is C19H29N. The third-order valence-corrected chi connectivity index (χ3v) is 5.40. The van der Waals surface area contributed by atoms with Gasteiger partial charge in [-0.05, 0) is 73.4 Å². The summed E-state index contributed by atoms with van der Waals surface area (Å²) in [5.74, 6) is 2.13. The van der Waals surface area contributed by atoms with Crippen molar-refractivity contribution < 1.29 is 0 Å². The third kappa shape index (κ3) is 3.09. The molecule has 2 unspecified atom stereocenters. The first-order valence-electron chi connectivity index (χ1n) is 8.53. The van der Waals surface area contributed by atoms with Crippen LogP contribution in [0.3, 0.4) is 0 Å². The Balaban J connectivity index is 1.66. The van der Waals surface area contributed by atoms with Crippen LogP contribution in [0.5, 0.6) is 0 Å². The summed E-state index contributed by atoms with van der Waals surface area (Å²) in [5.41, 5.74) is 3.55. The van der Waals surface area contributed by atoms with Crippen LogP contribution in [0.15, 0.2) is 24.3 Å². The van der Waals surface area contributed by atoms with Gasteiger partial charge in [0.1, 0.15) is 0 Å². The number of rotatable bonds is 7. The molecule has 0 aromatic heterocycles. The first-order valence-corrected chi connectivity index (χ1v) is 8.53. The second-order valence-electron chi connectivity index (χ2n) is 7.19.